The van der Waals surface area contributed by atoms with Crippen LogP contribution in [-0.4, -0.2) is 42.4 Å². The summed E-state index contributed by atoms with van der Waals surface area (Å²) in [6, 6.07) is 7.31. The third-order valence-corrected chi connectivity index (χ3v) is 4.54. The standard InChI is InChI=1S/C17H21N3O4/c1-11(21)20-8-6-13(7-9-20)16(22)19-14-4-2-12(3-5-14)15-10-18-17(23)24-15/h2-5,13,15H,6-10H2,1H3,(H,18,23)(H,19,22). The van der Waals surface area contributed by atoms with Crippen LogP contribution in [0.5, 0.6) is 0 Å². The Bertz CT molecular complexity index is 636. The Morgan fingerprint density at radius 3 is 2.42 bits per heavy atom. The molecule has 0 radical (unpaired) electrons. The summed E-state index contributed by atoms with van der Waals surface area (Å²) in [6.07, 6.45) is 0.688. The van der Waals surface area contributed by atoms with E-state index in [0.29, 0.717) is 32.5 Å². The van der Waals surface area contributed by atoms with Gasteiger partial charge in [-0.05, 0) is 30.5 Å². The lowest BCUT2D eigenvalue weighted by Gasteiger charge is -2.30. The van der Waals surface area contributed by atoms with Crippen molar-refractivity contribution in [3.63, 3.8) is 0 Å². The molecule has 1 aromatic rings. The molecule has 0 aliphatic carbocycles. The average Bonchev–Trinajstić information content (AvgIpc) is 3.02. The zero-order chi connectivity index (χ0) is 17.1. The Hall–Kier alpha value is -2.57. The number of carbonyl (C=O) groups is 3. The molecule has 0 bridgehead atoms. The zero-order valence-electron chi connectivity index (χ0n) is 13.6. The highest BCUT2D eigenvalue weighted by Crippen LogP contribution is 2.23. The molecule has 0 aromatic heterocycles. The minimum absolute atomic E-state index is 0.0140. The van der Waals surface area contributed by atoms with Crippen LogP contribution in [0.1, 0.15) is 31.4 Å². The first-order valence-corrected chi connectivity index (χ1v) is 8.14. The summed E-state index contributed by atoms with van der Waals surface area (Å²) >= 11 is 0. The van der Waals surface area contributed by atoms with E-state index < -0.39 is 6.09 Å². The zero-order valence-corrected chi connectivity index (χ0v) is 13.6. The smallest absolute Gasteiger partial charge is 0.407 e. The number of carbonyl (C=O) groups excluding carboxylic acids is 3. The molecule has 2 aliphatic rings. The number of alkyl carbamates (subject to hydrolysis) is 1. The monoisotopic (exact) mass is 331 g/mol. The maximum atomic E-state index is 12.3. The Morgan fingerprint density at radius 2 is 1.88 bits per heavy atom. The molecule has 2 fully saturated rings. The lowest BCUT2D eigenvalue weighted by Crippen LogP contribution is -2.40. The van der Waals surface area contributed by atoms with Gasteiger partial charge in [0.05, 0.1) is 6.54 Å². The van der Waals surface area contributed by atoms with Crippen molar-refractivity contribution in [2.24, 2.45) is 5.92 Å². The molecule has 3 amide bonds. The van der Waals surface area contributed by atoms with Crippen molar-refractivity contribution in [2.75, 3.05) is 25.0 Å². The van der Waals surface area contributed by atoms with Gasteiger partial charge in [-0.25, -0.2) is 4.79 Å². The van der Waals surface area contributed by atoms with Crippen LogP contribution in [0.3, 0.4) is 0 Å². The first kappa shape index (κ1) is 16.3. The highest BCUT2D eigenvalue weighted by Gasteiger charge is 2.26. The molecule has 1 aromatic carbocycles. The number of likely N-dealkylation sites (tertiary alicyclic amines) is 1. The van der Waals surface area contributed by atoms with E-state index in [1.807, 2.05) is 24.3 Å². The molecule has 0 saturated carbocycles. The Balaban J connectivity index is 1.53. The lowest BCUT2D eigenvalue weighted by atomic mass is 9.95. The molecule has 1 unspecified atom stereocenters. The molecule has 2 aliphatic heterocycles. The fourth-order valence-electron chi connectivity index (χ4n) is 3.06. The summed E-state index contributed by atoms with van der Waals surface area (Å²) in [5, 5.41) is 5.53. The van der Waals surface area contributed by atoms with Gasteiger partial charge in [0.1, 0.15) is 6.10 Å². The van der Waals surface area contributed by atoms with Crippen molar-refractivity contribution in [3.8, 4) is 0 Å². The second-order valence-electron chi connectivity index (χ2n) is 6.17. The highest BCUT2D eigenvalue weighted by atomic mass is 16.6. The van der Waals surface area contributed by atoms with Gasteiger partial charge in [-0.3, -0.25) is 9.59 Å². The second kappa shape index (κ2) is 6.90. The number of nitrogens with zero attached hydrogens (tertiary/aromatic N) is 1. The fourth-order valence-corrected chi connectivity index (χ4v) is 3.06. The largest absolute Gasteiger partial charge is 0.439 e. The van der Waals surface area contributed by atoms with Crippen LogP contribution in [0, 0.1) is 5.92 Å². The minimum Gasteiger partial charge on any atom is -0.439 e. The van der Waals surface area contributed by atoms with Crippen molar-refractivity contribution in [2.45, 2.75) is 25.9 Å². The number of anilines is 1. The number of ether oxygens (including phenoxy) is 1. The van der Waals surface area contributed by atoms with Crippen molar-refractivity contribution < 1.29 is 19.1 Å². The van der Waals surface area contributed by atoms with Gasteiger partial charge in [-0.2, -0.15) is 0 Å². The van der Waals surface area contributed by atoms with E-state index in [1.54, 1.807) is 11.8 Å². The summed E-state index contributed by atoms with van der Waals surface area (Å²) in [4.78, 5) is 36.5. The molecule has 0 spiro atoms. The summed E-state index contributed by atoms with van der Waals surface area (Å²) in [5.41, 5.74) is 1.61. The molecule has 24 heavy (non-hydrogen) atoms. The molecule has 7 heteroatoms. The normalized spacial score (nSPS) is 21.1. The van der Waals surface area contributed by atoms with Crippen molar-refractivity contribution in [3.05, 3.63) is 29.8 Å². The number of hydrogen-bond donors (Lipinski definition) is 2. The van der Waals surface area contributed by atoms with E-state index in [4.69, 9.17) is 4.74 Å². The van der Waals surface area contributed by atoms with E-state index in [-0.39, 0.29) is 23.8 Å². The van der Waals surface area contributed by atoms with Crippen LogP contribution in [0.2, 0.25) is 0 Å². The average molecular weight is 331 g/mol. The quantitative estimate of drug-likeness (QED) is 0.882. The molecule has 3 rings (SSSR count). The molecule has 2 N–H and O–H groups in total. The third-order valence-electron chi connectivity index (χ3n) is 4.54. The Labute approximate surface area is 140 Å². The number of amides is 3. The topological polar surface area (TPSA) is 87.7 Å². The van der Waals surface area contributed by atoms with E-state index in [2.05, 4.69) is 10.6 Å². The van der Waals surface area contributed by atoms with Crippen molar-refractivity contribution in [1.82, 2.24) is 10.2 Å². The maximum absolute atomic E-state index is 12.3. The Morgan fingerprint density at radius 1 is 1.21 bits per heavy atom. The molecule has 2 saturated heterocycles. The molecular formula is C17H21N3O4. The summed E-state index contributed by atoms with van der Waals surface area (Å²) in [5.74, 6) is -0.0215. The van der Waals surface area contributed by atoms with Crippen LogP contribution < -0.4 is 10.6 Å². The van der Waals surface area contributed by atoms with E-state index in [0.717, 1.165) is 11.3 Å². The Kier molecular flexibility index (Phi) is 4.69. The van der Waals surface area contributed by atoms with E-state index in [1.165, 1.54) is 0 Å². The number of cyclic esters (lactones) is 1. The predicted molar refractivity (Wildman–Crippen MR) is 87.3 cm³/mol. The van der Waals surface area contributed by atoms with Gasteiger partial charge in [0, 0.05) is 31.6 Å². The minimum atomic E-state index is -0.408. The van der Waals surface area contributed by atoms with Crippen LogP contribution in [0.4, 0.5) is 10.5 Å². The first-order chi connectivity index (χ1) is 11.5. The van der Waals surface area contributed by atoms with Crippen LogP contribution in [-0.2, 0) is 14.3 Å². The number of piperidine rings is 1. The van der Waals surface area contributed by atoms with Gasteiger partial charge >= 0.3 is 6.09 Å². The number of rotatable bonds is 3. The van der Waals surface area contributed by atoms with Crippen LogP contribution in [0.15, 0.2) is 24.3 Å². The molecular weight excluding hydrogens is 310 g/mol. The second-order valence-corrected chi connectivity index (χ2v) is 6.17. The van der Waals surface area contributed by atoms with Crippen molar-refractivity contribution >= 4 is 23.6 Å². The van der Waals surface area contributed by atoms with Crippen molar-refractivity contribution in [1.29, 1.82) is 0 Å². The highest BCUT2D eigenvalue weighted by molar-refractivity contribution is 5.92. The summed E-state index contributed by atoms with van der Waals surface area (Å²) in [7, 11) is 0. The fraction of sp³-hybridized carbons (Fsp3) is 0.471. The molecule has 2 heterocycles. The first-order valence-electron chi connectivity index (χ1n) is 8.14. The number of hydrogen-bond acceptors (Lipinski definition) is 4. The van der Waals surface area contributed by atoms with Gasteiger partial charge in [0.2, 0.25) is 11.8 Å². The lowest BCUT2D eigenvalue weighted by molar-refractivity contribution is -0.132. The van der Waals surface area contributed by atoms with Crippen LogP contribution >= 0.6 is 0 Å². The van der Waals surface area contributed by atoms with E-state index >= 15 is 0 Å². The van der Waals surface area contributed by atoms with Gasteiger partial charge in [-0.1, -0.05) is 12.1 Å². The number of benzene rings is 1. The summed E-state index contributed by atoms with van der Waals surface area (Å²) in [6.45, 7) is 3.27. The molecule has 7 nitrogen and oxygen atoms in total. The van der Waals surface area contributed by atoms with Gasteiger partial charge in [-0.15, -0.1) is 0 Å². The van der Waals surface area contributed by atoms with Crippen LogP contribution in [0.25, 0.3) is 0 Å². The third kappa shape index (κ3) is 3.67. The predicted octanol–water partition coefficient (Wildman–Crippen LogP) is 1.66. The maximum Gasteiger partial charge on any atom is 0.407 e. The van der Waals surface area contributed by atoms with Gasteiger partial charge < -0.3 is 20.3 Å². The summed E-state index contributed by atoms with van der Waals surface area (Å²) < 4.78 is 5.12. The number of nitrogens with one attached hydrogen (secondary N) is 2. The molecule has 1 atom stereocenters. The van der Waals surface area contributed by atoms with Gasteiger partial charge in [0.25, 0.3) is 0 Å². The van der Waals surface area contributed by atoms with Gasteiger partial charge in [0.15, 0.2) is 0 Å². The van der Waals surface area contributed by atoms with E-state index in [9.17, 15) is 14.4 Å². The molecule has 128 valence electrons. The SMILES string of the molecule is CC(=O)N1CCC(C(=O)Nc2ccc(C3CNC(=O)O3)cc2)CC1.